The van der Waals surface area contributed by atoms with E-state index < -0.39 is 23.3 Å². The highest BCUT2D eigenvalue weighted by molar-refractivity contribution is 5.64. The van der Waals surface area contributed by atoms with Gasteiger partial charge in [0.2, 0.25) is 0 Å². The summed E-state index contributed by atoms with van der Waals surface area (Å²) in [5.74, 6) is 0.359. The zero-order valence-corrected chi connectivity index (χ0v) is 14.4. The molecule has 23 heavy (non-hydrogen) atoms. The Morgan fingerprint density at radius 3 is 2.48 bits per heavy atom. The average Bonchev–Trinajstić information content (AvgIpc) is 2.87. The number of aliphatic hydroxyl groups is 1. The Kier molecular flexibility index (Phi) is 3.05. The molecule has 1 N–H and O–H groups in total. The molecule has 1 saturated heterocycles. The molecule has 6 atom stereocenters. The number of rotatable bonds is 0. The summed E-state index contributed by atoms with van der Waals surface area (Å²) in [6.07, 6.45) is 4.60. The minimum absolute atomic E-state index is 0.167. The van der Waals surface area contributed by atoms with E-state index in [2.05, 4.69) is 27.4 Å². The van der Waals surface area contributed by atoms with Crippen LogP contribution in [-0.4, -0.2) is 29.1 Å². The monoisotopic (exact) mass is 320 g/mol. The number of ether oxygens (including phenoxy) is 2. The summed E-state index contributed by atoms with van der Waals surface area (Å²) >= 11 is 0. The molecule has 2 bridgehead atoms. The lowest BCUT2D eigenvalue weighted by atomic mass is 9.45. The van der Waals surface area contributed by atoms with E-state index >= 15 is 0 Å². The van der Waals surface area contributed by atoms with Gasteiger partial charge in [0.25, 0.3) is 0 Å². The van der Waals surface area contributed by atoms with E-state index in [1.807, 2.05) is 0 Å². The van der Waals surface area contributed by atoms with E-state index in [4.69, 9.17) is 9.47 Å². The number of aliphatic hydroxyl groups excluding tert-OH is 1. The first-order valence-electron chi connectivity index (χ1n) is 9.01. The standard InChI is InChI=1S/C19H28O4/c1-11-17(2,3)19-10-9-18(11,4)14(20)12-7-5-6-8-13(12)15(19)22-16(21)23-19/h12-15,20H,1,5-10H2,2-4H3/t12-,13-,14+,15+,18+,19-/m1/s1. The molecule has 1 heterocycles. The molecule has 5 rings (SSSR count). The topological polar surface area (TPSA) is 55.8 Å². The average molecular weight is 320 g/mol. The summed E-state index contributed by atoms with van der Waals surface area (Å²) in [4.78, 5) is 12.1. The predicted octanol–water partition coefficient (Wildman–Crippen LogP) is 3.82. The van der Waals surface area contributed by atoms with Crippen LogP contribution in [0, 0.1) is 22.7 Å². The molecule has 1 spiro atoms. The van der Waals surface area contributed by atoms with Gasteiger partial charge in [-0.05, 0) is 31.6 Å². The maximum absolute atomic E-state index is 12.1. The first kappa shape index (κ1) is 15.5. The fourth-order valence-corrected chi connectivity index (χ4v) is 6.17. The predicted molar refractivity (Wildman–Crippen MR) is 85.8 cm³/mol. The number of carbonyl (C=O) groups is 1. The lowest BCUT2D eigenvalue weighted by Gasteiger charge is -2.62. The second-order valence-corrected chi connectivity index (χ2v) is 8.86. The van der Waals surface area contributed by atoms with E-state index in [1.165, 1.54) is 0 Å². The van der Waals surface area contributed by atoms with Gasteiger partial charge in [0.05, 0.1) is 6.10 Å². The highest BCUT2D eigenvalue weighted by atomic mass is 16.8. The van der Waals surface area contributed by atoms with E-state index in [1.54, 1.807) is 0 Å². The number of carbonyl (C=O) groups excluding carboxylic acids is 1. The minimum atomic E-state index is -0.624. The smallest absolute Gasteiger partial charge is 0.426 e. The van der Waals surface area contributed by atoms with E-state index in [0.717, 1.165) is 44.1 Å². The van der Waals surface area contributed by atoms with Crippen molar-refractivity contribution in [2.45, 2.75) is 77.1 Å². The van der Waals surface area contributed by atoms with Crippen molar-refractivity contribution >= 4 is 6.16 Å². The van der Waals surface area contributed by atoms with Crippen molar-refractivity contribution in [2.24, 2.45) is 22.7 Å². The molecule has 0 amide bonds. The van der Waals surface area contributed by atoms with Crippen molar-refractivity contribution < 1.29 is 19.4 Å². The van der Waals surface area contributed by atoms with Crippen molar-refractivity contribution in [3.8, 4) is 0 Å². The summed E-state index contributed by atoms with van der Waals surface area (Å²) in [5.41, 5.74) is -0.327. The third-order valence-electron chi connectivity index (χ3n) is 7.79. The first-order chi connectivity index (χ1) is 10.7. The van der Waals surface area contributed by atoms with Gasteiger partial charge in [-0.25, -0.2) is 4.79 Å². The summed E-state index contributed by atoms with van der Waals surface area (Å²) in [5, 5.41) is 11.3. The van der Waals surface area contributed by atoms with Crippen molar-refractivity contribution in [2.75, 3.05) is 0 Å². The first-order valence-corrected chi connectivity index (χ1v) is 9.01. The molecule has 5 fully saturated rings. The van der Waals surface area contributed by atoms with Crippen LogP contribution >= 0.6 is 0 Å². The maximum atomic E-state index is 12.1. The van der Waals surface area contributed by atoms with Gasteiger partial charge in [-0.3, -0.25) is 0 Å². The largest absolute Gasteiger partial charge is 0.509 e. The van der Waals surface area contributed by atoms with Gasteiger partial charge in [-0.2, -0.15) is 0 Å². The minimum Gasteiger partial charge on any atom is -0.426 e. The van der Waals surface area contributed by atoms with Gasteiger partial charge >= 0.3 is 6.16 Å². The third-order valence-corrected chi connectivity index (χ3v) is 7.79. The molecule has 0 aromatic heterocycles. The van der Waals surface area contributed by atoms with Crippen LogP contribution in [0.1, 0.15) is 59.3 Å². The van der Waals surface area contributed by atoms with Crippen LogP contribution in [0.2, 0.25) is 0 Å². The molecule has 128 valence electrons. The molecule has 0 unspecified atom stereocenters. The molecule has 5 aliphatic rings. The summed E-state index contributed by atoms with van der Waals surface area (Å²) in [6.45, 7) is 10.8. The van der Waals surface area contributed by atoms with E-state index in [9.17, 15) is 9.90 Å². The summed E-state index contributed by atoms with van der Waals surface area (Å²) in [6, 6.07) is 0. The van der Waals surface area contributed by atoms with Gasteiger partial charge < -0.3 is 14.6 Å². The van der Waals surface area contributed by atoms with E-state index in [-0.39, 0.29) is 23.4 Å². The van der Waals surface area contributed by atoms with Crippen molar-refractivity contribution in [3.63, 3.8) is 0 Å². The van der Waals surface area contributed by atoms with Crippen LogP contribution in [0.4, 0.5) is 4.79 Å². The Bertz CT molecular complexity index is 568. The van der Waals surface area contributed by atoms with Gasteiger partial charge in [0.15, 0.2) is 5.60 Å². The van der Waals surface area contributed by atoms with Crippen molar-refractivity contribution in [1.29, 1.82) is 0 Å². The van der Waals surface area contributed by atoms with Gasteiger partial charge in [-0.1, -0.05) is 45.8 Å². The Balaban J connectivity index is 1.91. The molecule has 0 aromatic carbocycles. The normalized spacial score (nSPS) is 51.1. The fraction of sp³-hybridized carbons (Fsp3) is 0.842. The number of fused-ring (bicyclic) bond motifs is 2. The zero-order valence-electron chi connectivity index (χ0n) is 14.4. The second kappa shape index (κ2) is 4.53. The molecule has 0 radical (unpaired) electrons. The highest BCUT2D eigenvalue weighted by Gasteiger charge is 2.71. The number of hydrogen-bond acceptors (Lipinski definition) is 4. The van der Waals surface area contributed by atoms with Gasteiger partial charge in [-0.15, -0.1) is 0 Å². The lowest BCUT2D eigenvalue weighted by molar-refractivity contribution is -0.176. The second-order valence-electron chi connectivity index (χ2n) is 8.86. The summed E-state index contributed by atoms with van der Waals surface area (Å²) < 4.78 is 11.6. The molecular weight excluding hydrogens is 292 g/mol. The molecule has 1 aliphatic heterocycles. The van der Waals surface area contributed by atoms with Crippen LogP contribution < -0.4 is 0 Å². The maximum Gasteiger partial charge on any atom is 0.509 e. The fourth-order valence-electron chi connectivity index (χ4n) is 6.17. The molecule has 4 nitrogen and oxygen atoms in total. The van der Waals surface area contributed by atoms with Gasteiger partial charge in [0, 0.05) is 16.7 Å². The van der Waals surface area contributed by atoms with Crippen LogP contribution in [0.5, 0.6) is 0 Å². The van der Waals surface area contributed by atoms with E-state index in [0.29, 0.717) is 0 Å². The SMILES string of the molecule is C=C1C(C)(C)[C@@]23CC[C@]1(C)[C@@H](O)[C@@H]1CCCC[C@H]1[C@@H]2OC(=O)O3. The number of hydrogen-bond donors (Lipinski definition) is 1. The van der Waals surface area contributed by atoms with Crippen LogP contribution in [-0.2, 0) is 9.47 Å². The highest BCUT2D eigenvalue weighted by Crippen LogP contribution is 2.66. The summed E-state index contributed by atoms with van der Waals surface area (Å²) in [7, 11) is 0. The molecule has 4 heteroatoms. The van der Waals surface area contributed by atoms with Crippen LogP contribution in [0.3, 0.4) is 0 Å². The molecule has 4 aliphatic carbocycles. The Hall–Kier alpha value is -1.03. The van der Waals surface area contributed by atoms with Crippen LogP contribution in [0.25, 0.3) is 0 Å². The third kappa shape index (κ3) is 1.68. The molecule has 0 aromatic rings. The molecular formula is C19H28O4. The zero-order chi connectivity index (χ0) is 16.6. The van der Waals surface area contributed by atoms with Crippen molar-refractivity contribution in [3.05, 3.63) is 12.2 Å². The Labute approximate surface area is 138 Å². The Morgan fingerprint density at radius 1 is 1.13 bits per heavy atom. The quantitative estimate of drug-likeness (QED) is 0.544. The molecule has 4 saturated carbocycles. The lowest BCUT2D eigenvalue weighted by Crippen LogP contribution is -2.66. The van der Waals surface area contributed by atoms with Gasteiger partial charge in [0.1, 0.15) is 6.10 Å². The van der Waals surface area contributed by atoms with Crippen molar-refractivity contribution in [1.82, 2.24) is 0 Å². The Morgan fingerprint density at radius 2 is 1.78 bits per heavy atom. The van der Waals surface area contributed by atoms with Crippen LogP contribution in [0.15, 0.2) is 12.2 Å².